The van der Waals surface area contributed by atoms with Crippen molar-refractivity contribution in [3.05, 3.63) is 29.3 Å². The van der Waals surface area contributed by atoms with Crippen molar-refractivity contribution < 1.29 is 9.59 Å². The molecule has 0 unspecified atom stereocenters. The predicted octanol–water partition coefficient (Wildman–Crippen LogP) is 3.30. The first-order valence-corrected chi connectivity index (χ1v) is 6.59. The number of imide groups is 1. The molecule has 1 fully saturated rings. The molecule has 1 saturated heterocycles. The number of para-hydroxylation sites is 1. The summed E-state index contributed by atoms with van der Waals surface area (Å²) >= 11 is 6.09. The number of amides is 3. The van der Waals surface area contributed by atoms with Crippen molar-refractivity contribution in [2.75, 3.05) is 11.4 Å². The van der Waals surface area contributed by atoms with Gasteiger partial charge in [-0.3, -0.25) is 4.79 Å². The highest BCUT2D eigenvalue weighted by atomic mass is 35.5. The summed E-state index contributed by atoms with van der Waals surface area (Å²) in [6.45, 7) is 6.30. The third kappa shape index (κ3) is 2.59. The molecule has 4 nitrogen and oxygen atoms in total. The molecule has 0 radical (unpaired) electrons. The van der Waals surface area contributed by atoms with E-state index in [9.17, 15) is 9.59 Å². The molecule has 2 rings (SSSR count). The number of carbonyl (C=O) groups is 2. The summed E-state index contributed by atoms with van der Waals surface area (Å²) in [4.78, 5) is 27.4. The fraction of sp³-hybridized carbons (Fsp3) is 0.429. The van der Waals surface area contributed by atoms with E-state index in [2.05, 4.69) is 0 Å². The highest BCUT2D eigenvalue weighted by Gasteiger charge is 2.38. The normalized spacial score (nSPS) is 17.1. The first-order valence-electron chi connectivity index (χ1n) is 6.21. The van der Waals surface area contributed by atoms with Crippen LogP contribution in [0, 0.1) is 0 Å². The zero-order valence-corrected chi connectivity index (χ0v) is 12.1. The second-order valence-electron chi connectivity index (χ2n) is 5.54. The second kappa shape index (κ2) is 4.85. The Balaban J connectivity index is 2.41. The summed E-state index contributed by atoms with van der Waals surface area (Å²) in [6, 6.07) is 6.58. The molecule has 19 heavy (non-hydrogen) atoms. The summed E-state index contributed by atoms with van der Waals surface area (Å²) in [5.41, 5.74) is 0.130. The average molecular weight is 281 g/mol. The second-order valence-corrected chi connectivity index (χ2v) is 5.94. The van der Waals surface area contributed by atoms with Gasteiger partial charge in [-0.25, -0.2) is 9.69 Å². The highest BCUT2D eigenvalue weighted by molar-refractivity contribution is 6.35. The number of carbonyl (C=O) groups excluding carboxylic acids is 2. The van der Waals surface area contributed by atoms with E-state index in [-0.39, 0.29) is 17.5 Å². The SMILES string of the molecule is CC(C)(C)N1CCC(=O)N(c2ccccc2Cl)C1=O. The van der Waals surface area contributed by atoms with Crippen LogP contribution in [0.5, 0.6) is 0 Å². The van der Waals surface area contributed by atoms with E-state index in [1.54, 1.807) is 29.2 Å². The lowest BCUT2D eigenvalue weighted by Gasteiger charge is -2.42. The van der Waals surface area contributed by atoms with E-state index in [1.807, 2.05) is 20.8 Å². The van der Waals surface area contributed by atoms with Crippen LogP contribution in [0.3, 0.4) is 0 Å². The molecule has 0 saturated carbocycles. The molecule has 0 spiro atoms. The number of benzene rings is 1. The Bertz CT molecular complexity index is 522. The molecule has 1 heterocycles. The molecule has 1 aromatic carbocycles. The minimum absolute atomic E-state index is 0.210. The molecule has 0 atom stereocenters. The Kier molecular flexibility index (Phi) is 3.54. The van der Waals surface area contributed by atoms with Gasteiger partial charge in [-0.05, 0) is 32.9 Å². The molecular formula is C14H17ClN2O2. The summed E-state index contributed by atoms with van der Waals surface area (Å²) in [6.07, 6.45) is 0.314. The number of rotatable bonds is 1. The fourth-order valence-corrected chi connectivity index (χ4v) is 2.36. The summed E-state index contributed by atoms with van der Waals surface area (Å²) in [5.74, 6) is -0.210. The van der Waals surface area contributed by atoms with Gasteiger partial charge < -0.3 is 4.90 Å². The highest BCUT2D eigenvalue weighted by Crippen LogP contribution is 2.30. The lowest BCUT2D eigenvalue weighted by atomic mass is 10.0. The first kappa shape index (κ1) is 13.9. The topological polar surface area (TPSA) is 40.6 Å². The monoisotopic (exact) mass is 280 g/mol. The van der Waals surface area contributed by atoms with Crippen LogP contribution in [0.15, 0.2) is 24.3 Å². The molecule has 3 amide bonds. The number of nitrogens with zero attached hydrogens (tertiary/aromatic N) is 2. The molecule has 1 aliphatic rings. The molecule has 102 valence electrons. The van der Waals surface area contributed by atoms with Crippen LogP contribution in [0.4, 0.5) is 10.5 Å². The van der Waals surface area contributed by atoms with Crippen LogP contribution in [0.1, 0.15) is 27.2 Å². The van der Waals surface area contributed by atoms with Gasteiger partial charge in [0, 0.05) is 18.5 Å². The van der Waals surface area contributed by atoms with Crippen molar-refractivity contribution in [1.82, 2.24) is 4.90 Å². The Morgan fingerprint density at radius 2 is 1.79 bits per heavy atom. The van der Waals surface area contributed by atoms with E-state index in [0.717, 1.165) is 0 Å². The van der Waals surface area contributed by atoms with Crippen molar-refractivity contribution in [2.24, 2.45) is 0 Å². The Morgan fingerprint density at radius 3 is 2.37 bits per heavy atom. The molecule has 1 aromatic rings. The number of urea groups is 1. The number of halogens is 1. The minimum Gasteiger partial charge on any atom is -0.319 e. The fourth-order valence-electron chi connectivity index (χ4n) is 2.14. The van der Waals surface area contributed by atoms with E-state index in [0.29, 0.717) is 23.7 Å². The maximum absolute atomic E-state index is 12.5. The quantitative estimate of drug-likeness (QED) is 0.792. The van der Waals surface area contributed by atoms with Gasteiger partial charge in [0.25, 0.3) is 0 Å². The molecule has 0 bridgehead atoms. The predicted molar refractivity (Wildman–Crippen MR) is 75.4 cm³/mol. The summed E-state index contributed by atoms with van der Waals surface area (Å²) < 4.78 is 0. The van der Waals surface area contributed by atoms with Gasteiger partial charge >= 0.3 is 6.03 Å². The van der Waals surface area contributed by atoms with Gasteiger partial charge in [0.05, 0.1) is 10.7 Å². The number of hydrogen-bond donors (Lipinski definition) is 0. The van der Waals surface area contributed by atoms with Crippen LogP contribution < -0.4 is 4.90 Å². The van der Waals surface area contributed by atoms with Crippen molar-refractivity contribution in [3.63, 3.8) is 0 Å². The van der Waals surface area contributed by atoms with Crippen LogP contribution >= 0.6 is 11.6 Å². The van der Waals surface area contributed by atoms with Crippen LogP contribution in [0.25, 0.3) is 0 Å². The first-order chi connectivity index (χ1) is 8.82. The molecule has 1 aliphatic heterocycles. The van der Waals surface area contributed by atoms with Crippen molar-refractivity contribution in [3.8, 4) is 0 Å². The molecule has 0 aliphatic carbocycles. The zero-order chi connectivity index (χ0) is 14.2. The van der Waals surface area contributed by atoms with Crippen LogP contribution in [-0.4, -0.2) is 28.9 Å². The van der Waals surface area contributed by atoms with Crippen LogP contribution in [0.2, 0.25) is 5.02 Å². The Labute approximate surface area is 117 Å². The molecular weight excluding hydrogens is 264 g/mol. The number of anilines is 1. The lowest BCUT2D eigenvalue weighted by molar-refractivity contribution is -0.119. The maximum Gasteiger partial charge on any atom is 0.331 e. The lowest BCUT2D eigenvalue weighted by Crippen LogP contribution is -2.58. The van der Waals surface area contributed by atoms with E-state index < -0.39 is 0 Å². The van der Waals surface area contributed by atoms with Gasteiger partial charge in [-0.15, -0.1) is 0 Å². The molecule has 5 heteroatoms. The van der Waals surface area contributed by atoms with Crippen molar-refractivity contribution >= 4 is 29.2 Å². The van der Waals surface area contributed by atoms with Crippen LogP contribution in [-0.2, 0) is 4.79 Å². The summed E-state index contributed by atoms with van der Waals surface area (Å²) in [7, 11) is 0. The average Bonchev–Trinajstić information content (AvgIpc) is 2.29. The van der Waals surface area contributed by atoms with Gasteiger partial charge in [-0.2, -0.15) is 0 Å². The van der Waals surface area contributed by atoms with Crippen molar-refractivity contribution in [1.29, 1.82) is 0 Å². The Hall–Kier alpha value is -1.55. The minimum atomic E-state index is -0.322. The third-order valence-corrected chi connectivity index (χ3v) is 3.44. The van der Waals surface area contributed by atoms with Gasteiger partial charge in [0.15, 0.2) is 0 Å². The van der Waals surface area contributed by atoms with E-state index in [1.165, 1.54) is 4.90 Å². The van der Waals surface area contributed by atoms with Gasteiger partial charge in [0.1, 0.15) is 0 Å². The zero-order valence-electron chi connectivity index (χ0n) is 11.3. The van der Waals surface area contributed by atoms with Gasteiger partial charge in [-0.1, -0.05) is 23.7 Å². The van der Waals surface area contributed by atoms with Crippen molar-refractivity contribution in [2.45, 2.75) is 32.7 Å². The number of hydrogen-bond acceptors (Lipinski definition) is 2. The van der Waals surface area contributed by atoms with Gasteiger partial charge in [0.2, 0.25) is 5.91 Å². The third-order valence-electron chi connectivity index (χ3n) is 3.12. The standard InChI is InChI=1S/C14H17ClN2O2/c1-14(2,3)16-9-8-12(18)17(13(16)19)11-7-5-4-6-10(11)15/h4-7H,8-9H2,1-3H3. The summed E-state index contributed by atoms with van der Waals surface area (Å²) in [5, 5.41) is 0.403. The largest absolute Gasteiger partial charge is 0.331 e. The molecule has 0 aromatic heterocycles. The smallest absolute Gasteiger partial charge is 0.319 e. The maximum atomic E-state index is 12.5. The molecule has 0 N–H and O–H groups in total. The van der Waals surface area contributed by atoms with E-state index in [4.69, 9.17) is 11.6 Å². The van der Waals surface area contributed by atoms with E-state index >= 15 is 0 Å². The Morgan fingerprint density at radius 1 is 1.16 bits per heavy atom.